The van der Waals surface area contributed by atoms with Gasteiger partial charge in [0.15, 0.2) is 0 Å². The van der Waals surface area contributed by atoms with E-state index < -0.39 is 17.7 Å². The summed E-state index contributed by atoms with van der Waals surface area (Å²) >= 11 is 0. The average Bonchev–Trinajstić information content (AvgIpc) is 2.32. The van der Waals surface area contributed by atoms with Gasteiger partial charge in [-0.2, -0.15) is 0 Å². The standard InChI is InChI=1S/C13H21NO4/c1-6-11(8-18-13(17)9(3)4)14(7-2)12(16)10(5)15/h11H,3,6-8H2,1-2,4-5H3. The number of esters is 1. The number of Topliss-reactive ketones (excluding diaryl/α,β-unsaturated/α-hetero) is 1. The monoisotopic (exact) mass is 255 g/mol. The van der Waals surface area contributed by atoms with Gasteiger partial charge in [0.05, 0.1) is 6.04 Å². The normalized spacial score (nSPS) is 11.6. The first kappa shape index (κ1) is 16.4. The zero-order chi connectivity index (χ0) is 14.3. The summed E-state index contributed by atoms with van der Waals surface area (Å²) in [6.07, 6.45) is 0.607. The van der Waals surface area contributed by atoms with Crippen LogP contribution in [0.1, 0.15) is 34.1 Å². The van der Waals surface area contributed by atoms with Gasteiger partial charge in [0, 0.05) is 19.0 Å². The highest BCUT2D eigenvalue weighted by Crippen LogP contribution is 2.07. The Morgan fingerprint density at radius 2 is 1.78 bits per heavy atom. The molecule has 102 valence electrons. The summed E-state index contributed by atoms with van der Waals surface area (Å²) in [6, 6.07) is -0.283. The Kier molecular flexibility index (Phi) is 6.93. The van der Waals surface area contributed by atoms with E-state index in [1.807, 2.05) is 6.92 Å². The Morgan fingerprint density at radius 3 is 2.11 bits per heavy atom. The van der Waals surface area contributed by atoms with Gasteiger partial charge in [-0.3, -0.25) is 9.59 Å². The summed E-state index contributed by atoms with van der Waals surface area (Å²) in [4.78, 5) is 35.5. The molecule has 0 aliphatic carbocycles. The van der Waals surface area contributed by atoms with Gasteiger partial charge in [0.25, 0.3) is 5.91 Å². The molecule has 0 aromatic heterocycles. The second-order valence-electron chi connectivity index (χ2n) is 4.09. The molecule has 0 bridgehead atoms. The lowest BCUT2D eigenvalue weighted by molar-refractivity contribution is -0.149. The van der Waals surface area contributed by atoms with E-state index in [1.165, 1.54) is 11.8 Å². The third-order valence-electron chi connectivity index (χ3n) is 2.57. The van der Waals surface area contributed by atoms with Crippen LogP contribution in [0.5, 0.6) is 0 Å². The first-order valence-corrected chi connectivity index (χ1v) is 5.99. The van der Waals surface area contributed by atoms with Crippen molar-refractivity contribution >= 4 is 17.7 Å². The van der Waals surface area contributed by atoms with Gasteiger partial charge in [-0.05, 0) is 20.3 Å². The first-order chi connectivity index (χ1) is 8.34. The van der Waals surface area contributed by atoms with E-state index in [-0.39, 0.29) is 12.6 Å². The summed E-state index contributed by atoms with van der Waals surface area (Å²) in [5, 5.41) is 0. The third kappa shape index (κ3) is 4.69. The van der Waals surface area contributed by atoms with Crippen LogP contribution >= 0.6 is 0 Å². The lowest BCUT2D eigenvalue weighted by atomic mass is 10.2. The molecule has 5 heteroatoms. The van der Waals surface area contributed by atoms with Crippen molar-refractivity contribution in [2.45, 2.75) is 40.2 Å². The number of hydrogen-bond donors (Lipinski definition) is 0. The van der Waals surface area contributed by atoms with Gasteiger partial charge in [0.1, 0.15) is 6.61 Å². The van der Waals surface area contributed by atoms with Crippen molar-refractivity contribution in [2.75, 3.05) is 13.2 Å². The lowest BCUT2D eigenvalue weighted by Crippen LogP contribution is -2.45. The van der Waals surface area contributed by atoms with Crippen molar-refractivity contribution in [2.24, 2.45) is 0 Å². The SMILES string of the molecule is C=C(C)C(=O)OCC(CC)N(CC)C(=O)C(C)=O. The van der Waals surface area contributed by atoms with Crippen molar-refractivity contribution in [3.8, 4) is 0 Å². The summed E-state index contributed by atoms with van der Waals surface area (Å²) in [7, 11) is 0. The maximum Gasteiger partial charge on any atom is 0.333 e. The van der Waals surface area contributed by atoms with Gasteiger partial charge < -0.3 is 9.64 Å². The zero-order valence-electron chi connectivity index (χ0n) is 11.5. The average molecular weight is 255 g/mol. The smallest absolute Gasteiger partial charge is 0.333 e. The van der Waals surface area contributed by atoms with Crippen molar-refractivity contribution in [3.63, 3.8) is 0 Å². The third-order valence-corrected chi connectivity index (χ3v) is 2.57. The van der Waals surface area contributed by atoms with Crippen molar-refractivity contribution in [1.82, 2.24) is 4.90 Å². The van der Waals surface area contributed by atoms with E-state index in [1.54, 1.807) is 13.8 Å². The maximum absolute atomic E-state index is 11.7. The van der Waals surface area contributed by atoms with Crippen LogP contribution in [0.3, 0.4) is 0 Å². The Hall–Kier alpha value is -1.65. The molecule has 0 rings (SSSR count). The van der Waals surface area contributed by atoms with Gasteiger partial charge in [-0.1, -0.05) is 13.5 Å². The molecular weight excluding hydrogens is 234 g/mol. The fraction of sp³-hybridized carbons (Fsp3) is 0.615. The molecule has 0 aliphatic rings. The van der Waals surface area contributed by atoms with Crippen molar-refractivity contribution in [3.05, 3.63) is 12.2 Å². The van der Waals surface area contributed by atoms with Crippen LogP contribution in [0.4, 0.5) is 0 Å². The van der Waals surface area contributed by atoms with Gasteiger partial charge in [0.2, 0.25) is 5.78 Å². The number of rotatable bonds is 7. The molecule has 0 spiro atoms. The van der Waals surface area contributed by atoms with E-state index in [9.17, 15) is 14.4 Å². The molecule has 0 heterocycles. The first-order valence-electron chi connectivity index (χ1n) is 5.99. The molecule has 1 atom stereocenters. The molecule has 1 amide bonds. The number of carbonyl (C=O) groups excluding carboxylic acids is 3. The van der Waals surface area contributed by atoms with E-state index in [0.717, 1.165) is 0 Å². The molecule has 0 N–H and O–H groups in total. The van der Waals surface area contributed by atoms with Crippen molar-refractivity contribution < 1.29 is 19.1 Å². The summed E-state index contributed by atoms with van der Waals surface area (Å²) < 4.78 is 5.03. The maximum atomic E-state index is 11.7. The quantitative estimate of drug-likeness (QED) is 0.391. The van der Waals surface area contributed by atoms with Crippen molar-refractivity contribution in [1.29, 1.82) is 0 Å². The number of amides is 1. The van der Waals surface area contributed by atoms with Crippen LogP contribution in [-0.4, -0.2) is 41.8 Å². The number of nitrogens with zero attached hydrogens (tertiary/aromatic N) is 1. The molecular formula is C13H21NO4. The van der Waals surface area contributed by atoms with E-state index >= 15 is 0 Å². The molecule has 1 unspecified atom stereocenters. The molecule has 0 aliphatic heterocycles. The molecule has 0 fully saturated rings. The largest absolute Gasteiger partial charge is 0.460 e. The van der Waals surface area contributed by atoms with Crippen LogP contribution in [0.15, 0.2) is 12.2 Å². The highest BCUT2D eigenvalue weighted by Gasteiger charge is 2.24. The fourth-order valence-corrected chi connectivity index (χ4v) is 1.49. The second-order valence-corrected chi connectivity index (χ2v) is 4.09. The topological polar surface area (TPSA) is 63.7 Å². The zero-order valence-corrected chi connectivity index (χ0v) is 11.5. The minimum atomic E-state index is -0.546. The number of ketones is 1. The van der Waals surface area contributed by atoms with Crippen LogP contribution in [0, 0.1) is 0 Å². The predicted octanol–water partition coefficient (Wildman–Crippen LogP) is 1.32. The summed E-state index contributed by atoms with van der Waals surface area (Å²) in [5.74, 6) is -1.54. The van der Waals surface area contributed by atoms with Gasteiger partial charge in [-0.25, -0.2) is 4.79 Å². The number of hydrogen-bond acceptors (Lipinski definition) is 4. The Balaban J connectivity index is 4.63. The molecule has 0 saturated heterocycles. The molecule has 0 saturated carbocycles. The summed E-state index contributed by atoms with van der Waals surface area (Å²) in [6.45, 7) is 10.4. The van der Waals surface area contributed by atoms with Gasteiger partial charge >= 0.3 is 5.97 Å². The second kappa shape index (κ2) is 7.63. The Labute approximate surface area is 108 Å². The highest BCUT2D eigenvalue weighted by molar-refractivity contribution is 6.35. The van der Waals surface area contributed by atoms with E-state index in [4.69, 9.17) is 4.74 Å². The summed E-state index contributed by atoms with van der Waals surface area (Å²) in [5.41, 5.74) is 0.311. The van der Waals surface area contributed by atoms with Crippen LogP contribution in [0.25, 0.3) is 0 Å². The molecule has 0 radical (unpaired) electrons. The fourth-order valence-electron chi connectivity index (χ4n) is 1.49. The van der Waals surface area contributed by atoms with Crippen LogP contribution in [-0.2, 0) is 19.1 Å². The van der Waals surface area contributed by atoms with Gasteiger partial charge in [-0.15, -0.1) is 0 Å². The molecule has 5 nitrogen and oxygen atoms in total. The molecule has 0 aromatic rings. The number of carbonyl (C=O) groups is 3. The predicted molar refractivity (Wildman–Crippen MR) is 67.9 cm³/mol. The number of ether oxygens (including phenoxy) is 1. The Morgan fingerprint density at radius 1 is 1.22 bits per heavy atom. The molecule has 0 aromatic carbocycles. The van der Waals surface area contributed by atoms with Crippen LogP contribution < -0.4 is 0 Å². The van der Waals surface area contributed by atoms with E-state index in [0.29, 0.717) is 18.5 Å². The Bertz CT molecular complexity index is 349. The molecule has 18 heavy (non-hydrogen) atoms. The minimum Gasteiger partial charge on any atom is -0.460 e. The van der Waals surface area contributed by atoms with Crippen LogP contribution in [0.2, 0.25) is 0 Å². The lowest BCUT2D eigenvalue weighted by Gasteiger charge is -2.28. The highest BCUT2D eigenvalue weighted by atomic mass is 16.5. The van der Waals surface area contributed by atoms with E-state index in [2.05, 4.69) is 6.58 Å². The minimum absolute atomic E-state index is 0.0784. The number of likely N-dealkylation sites (N-methyl/N-ethyl adjacent to an activating group) is 1.